The van der Waals surface area contributed by atoms with E-state index < -0.39 is 22.6 Å². The number of halogens is 3. The van der Waals surface area contributed by atoms with Crippen LogP contribution in [0.15, 0.2) is 47.4 Å². The number of ether oxygens (including phenoxy) is 1. The number of sulfonamides is 1. The lowest BCUT2D eigenvalue weighted by Gasteiger charge is -2.11. The van der Waals surface area contributed by atoms with Gasteiger partial charge in [-0.25, -0.2) is 8.42 Å². The van der Waals surface area contributed by atoms with Crippen molar-refractivity contribution in [3.63, 3.8) is 0 Å². The van der Waals surface area contributed by atoms with Crippen molar-refractivity contribution < 1.29 is 31.8 Å². The van der Waals surface area contributed by atoms with Gasteiger partial charge in [-0.3, -0.25) is 4.72 Å². The molecule has 2 rings (SSSR count). The largest absolute Gasteiger partial charge is 0.545 e. The van der Waals surface area contributed by atoms with Gasteiger partial charge in [-0.15, -0.1) is 0 Å². The van der Waals surface area contributed by atoms with Crippen LogP contribution in [0.25, 0.3) is 0 Å². The lowest BCUT2D eigenvalue weighted by molar-refractivity contribution is -0.255. The zero-order valence-electron chi connectivity index (χ0n) is 11.7. The smallest absolute Gasteiger partial charge is 0.387 e. The molecule has 2 aromatic rings. The zero-order valence-corrected chi connectivity index (χ0v) is 13.3. The lowest BCUT2D eigenvalue weighted by atomic mass is 10.2. The van der Waals surface area contributed by atoms with Crippen LogP contribution in [-0.4, -0.2) is 21.0 Å². The molecule has 0 radical (unpaired) electrons. The van der Waals surface area contributed by atoms with Gasteiger partial charge in [-0.2, -0.15) is 8.78 Å². The summed E-state index contributed by atoms with van der Waals surface area (Å²) in [7, 11) is -4.02. The van der Waals surface area contributed by atoms with Crippen LogP contribution in [0.5, 0.6) is 5.75 Å². The topological polar surface area (TPSA) is 95.5 Å². The van der Waals surface area contributed by atoms with Crippen LogP contribution < -0.4 is 14.6 Å². The molecule has 128 valence electrons. The van der Waals surface area contributed by atoms with Crippen molar-refractivity contribution in [2.45, 2.75) is 11.5 Å². The molecule has 0 bridgehead atoms. The number of hydrogen-bond acceptors (Lipinski definition) is 5. The molecular formula is C14H9ClF2NO5S-. The third-order valence-electron chi connectivity index (χ3n) is 2.80. The second-order valence-corrected chi connectivity index (χ2v) is 6.53. The average Bonchev–Trinajstić information content (AvgIpc) is 2.49. The van der Waals surface area contributed by atoms with Crippen molar-refractivity contribution in [2.24, 2.45) is 0 Å². The molecule has 0 heterocycles. The molecule has 6 nitrogen and oxygen atoms in total. The van der Waals surface area contributed by atoms with E-state index in [1.807, 2.05) is 0 Å². The fraction of sp³-hybridized carbons (Fsp3) is 0.0714. The Hall–Kier alpha value is -2.39. The maximum Gasteiger partial charge on any atom is 0.387 e. The molecule has 0 atom stereocenters. The third-order valence-corrected chi connectivity index (χ3v) is 4.49. The summed E-state index contributed by atoms with van der Waals surface area (Å²) in [5, 5.41) is 10.4. The van der Waals surface area contributed by atoms with Crippen LogP contribution in [0.1, 0.15) is 10.4 Å². The van der Waals surface area contributed by atoms with E-state index in [0.29, 0.717) is 0 Å². The first-order valence-electron chi connectivity index (χ1n) is 6.27. The Morgan fingerprint density at radius 2 is 1.79 bits per heavy atom. The van der Waals surface area contributed by atoms with E-state index in [4.69, 9.17) is 11.6 Å². The van der Waals surface area contributed by atoms with Crippen molar-refractivity contribution in [2.75, 3.05) is 4.72 Å². The van der Waals surface area contributed by atoms with Gasteiger partial charge < -0.3 is 14.6 Å². The van der Waals surface area contributed by atoms with E-state index in [2.05, 4.69) is 9.46 Å². The van der Waals surface area contributed by atoms with Gasteiger partial charge in [0.2, 0.25) is 0 Å². The Kier molecular flexibility index (Phi) is 5.25. The highest BCUT2D eigenvalue weighted by atomic mass is 35.5. The highest BCUT2D eigenvalue weighted by molar-refractivity contribution is 7.92. The molecule has 0 aliphatic heterocycles. The van der Waals surface area contributed by atoms with Crippen LogP contribution in [-0.2, 0) is 10.0 Å². The van der Waals surface area contributed by atoms with E-state index in [9.17, 15) is 27.1 Å². The Bertz CT molecular complexity index is 856. The van der Waals surface area contributed by atoms with Crippen molar-refractivity contribution >= 4 is 33.3 Å². The summed E-state index contributed by atoms with van der Waals surface area (Å²) < 4.78 is 55.0. The monoisotopic (exact) mass is 376 g/mol. The quantitative estimate of drug-likeness (QED) is 0.833. The number of nitrogens with one attached hydrogen (secondary N) is 1. The zero-order chi connectivity index (χ0) is 17.9. The second-order valence-electron chi connectivity index (χ2n) is 4.44. The van der Waals surface area contributed by atoms with E-state index in [1.54, 1.807) is 0 Å². The molecule has 1 N–H and O–H groups in total. The summed E-state index contributed by atoms with van der Waals surface area (Å²) in [6, 6.07) is 7.72. The number of aromatic carboxylic acids is 1. The van der Waals surface area contributed by atoms with Gasteiger partial charge in [-0.1, -0.05) is 23.7 Å². The molecular weight excluding hydrogens is 368 g/mol. The fourth-order valence-electron chi connectivity index (χ4n) is 1.74. The maximum absolute atomic E-state index is 12.2. The maximum atomic E-state index is 12.2. The molecule has 24 heavy (non-hydrogen) atoms. The standard InChI is InChI=1S/C14H10ClF2NO5S/c15-11-7-9(3-6-12(11)23-14(16)17)18-24(21,22)10-4-1-8(2-5-10)13(19)20/h1-7,14,18H,(H,19,20)/p-1. The molecule has 0 spiro atoms. The number of benzene rings is 2. The summed E-state index contributed by atoms with van der Waals surface area (Å²) in [4.78, 5) is 10.4. The number of rotatable bonds is 6. The first-order valence-corrected chi connectivity index (χ1v) is 8.14. The molecule has 0 amide bonds. The minimum Gasteiger partial charge on any atom is -0.545 e. The summed E-state index contributed by atoms with van der Waals surface area (Å²) in [6.45, 7) is -3.06. The molecule has 0 saturated carbocycles. The SMILES string of the molecule is O=C([O-])c1ccc(S(=O)(=O)Nc2ccc(OC(F)F)c(Cl)c2)cc1. The van der Waals surface area contributed by atoms with Gasteiger partial charge in [0.15, 0.2) is 0 Å². The number of anilines is 1. The Morgan fingerprint density at radius 3 is 2.29 bits per heavy atom. The highest BCUT2D eigenvalue weighted by Gasteiger charge is 2.16. The summed E-state index contributed by atoms with van der Waals surface area (Å²) in [5.41, 5.74) is -0.156. The summed E-state index contributed by atoms with van der Waals surface area (Å²) >= 11 is 5.74. The van der Waals surface area contributed by atoms with E-state index in [1.165, 1.54) is 6.07 Å². The number of carboxylic acid groups (broad SMARTS) is 1. The second kappa shape index (κ2) is 7.02. The van der Waals surface area contributed by atoms with Crippen LogP contribution in [0, 0.1) is 0 Å². The average molecular weight is 377 g/mol. The number of carbonyl (C=O) groups is 1. The fourth-order valence-corrected chi connectivity index (χ4v) is 3.01. The highest BCUT2D eigenvalue weighted by Crippen LogP contribution is 2.30. The van der Waals surface area contributed by atoms with E-state index >= 15 is 0 Å². The van der Waals surface area contributed by atoms with Gasteiger partial charge >= 0.3 is 6.61 Å². The van der Waals surface area contributed by atoms with Gasteiger partial charge in [0.1, 0.15) is 5.75 Å². The summed E-state index contributed by atoms with van der Waals surface area (Å²) in [6.07, 6.45) is 0. The van der Waals surface area contributed by atoms with Gasteiger partial charge in [-0.05, 0) is 35.9 Å². The van der Waals surface area contributed by atoms with Crippen molar-refractivity contribution in [3.05, 3.63) is 53.1 Å². The Morgan fingerprint density at radius 1 is 1.17 bits per heavy atom. The number of alkyl halides is 2. The predicted octanol–water partition coefficient (Wildman–Crippen LogP) is 2.11. The molecule has 2 aromatic carbocycles. The lowest BCUT2D eigenvalue weighted by Crippen LogP contribution is -2.22. The molecule has 0 fully saturated rings. The third kappa shape index (κ3) is 4.33. The first kappa shape index (κ1) is 18.0. The molecule has 0 aromatic heterocycles. The predicted molar refractivity (Wildman–Crippen MR) is 79.7 cm³/mol. The molecule has 10 heteroatoms. The van der Waals surface area contributed by atoms with Crippen LogP contribution >= 0.6 is 11.6 Å². The van der Waals surface area contributed by atoms with Crippen LogP contribution in [0.4, 0.5) is 14.5 Å². The van der Waals surface area contributed by atoms with E-state index in [0.717, 1.165) is 36.4 Å². The Labute approximate surface area is 140 Å². The molecule has 0 aliphatic rings. The minimum atomic E-state index is -4.02. The van der Waals surface area contributed by atoms with Gasteiger partial charge in [0.05, 0.1) is 21.6 Å². The van der Waals surface area contributed by atoms with Crippen molar-refractivity contribution in [1.82, 2.24) is 0 Å². The molecule has 0 unspecified atom stereocenters. The number of carboxylic acids is 1. The first-order chi connectivity index (χ1) is 11.2. The van der Waals surface area contributed by atoms with Crippen LogP contribution in [0.2, 0.25) is 5.02 Å². The van der Waals surface area contributed by atoms with Crippen molar-refractivity contribution in [1.29, 1.82) is 0 Å². The minimum absolute atomic E-state index is 0.0191. The van der Waals surface area contributed by atoms with Crippen molar-refractivity contribution in [3.8, 4) is 5.75 Å². The van der Waals surface area contributed by atoms with E-state index in [-0.39, 0.29) is 26.9 Å². The van der Waals surface area contributed by atoms with Gasteiger partial charge in [0, 0.05) is 0 Å². The summed E-state index contributed by atoms with van der Waals surface area (Å²) in [5.74, 6) is -1.73. The normalized spacial score (nSPS) is 11.3. The Balaban J connectivity index is 2.22. The molecule has 0 saturated heterocycles. The van der Waals surface area contributed by atoms with Crippen LogP contribution in [0.3, 0.4) is 0 Å². The number of hydrogen-bond donors (Lipinski definition) is 1. The number of carbonyl (C=O) groups excluding carboxylic acids is 1. The molecule has 0 aliphatic carbocycles. The van der Waals surface area contributed by atoms with Gasteiger partial charge in [0.25, 0.3) is 10.0 Å².